The minimum Gasteiger partial charge on any atom is -0.301 e. The predicted molar refractivity (Wildman–Crippen MR) is 131 cm³/mol. The molecule has 0 aliphatic rings. The molecule has 1 N–H and O–H groups in total. The number of aromatic nitrogens is 4. The number of thioether (sulfide) groups is 1. The molecule has 0 atom stereocenters. The lowest BCUT2D eigenvalue weighted by Crippen LogP contribution is -2.16. The Balaban J connectivity index is 1.51. The number of nitrogens with zero attached hydrogens (tertiary/aromatic N) is 4. The highest BCUT2D eigenvalue weighted by Gasteiger charge is 2.19. The van der Waals surface area contributed by atoms with Crippen LogP contribution in [-0.4, -0.2) is 31.8 Å². The molecule has 4 aromatic rings. The zero-order valence-corrected chi connectivity index (χ0v) is 19.7. The Bertz CT molecular complexity index is 1200. The highest BCUT2D eigenvalue weighted by molar-refractivity contribution is 7.99. The second-order valence-electron chi connectivity index (χ2n) is 8.15. The second kappa shape index (κ2) is 9.58. The number of rotatable bonds is 6. The number of amides is 1. The van der Waals surface area contributed by atoms with E-state index in [9.17, 15) is 4.79 Å². The Morgan fingerprint density at radius 3 is 2.12 bits per heavy atom. The van der Waals surface area contributed by atoms with Crippen LogP contribution in [0.2, 0.25) is 0 Å². The zero-order valence-electron chi connectivity index (χ0n) is 18.1. The monoisotopic (exact) mass is 461 g/mol. The average Bonchev–Trinajstić information content (AvgIpc) is 3.28. The van der Waals surface area contributed by atoms with Crippen molar-refractivity contribution < 1.29 is 4.79 Å². The maximum absolute atomic E-state index is 12.4. The molecule has 0 unspecified atom stereocenters. The van der Waals surface area contributed by atoms with Crippen molar-refractivity contribution in [1.82, 2.24) is 20.2 Å². The Hall–Kier alpha value is -3.10. The lowest BCUT2D eigenvalue weighted by atomic mass is 9.93. The molecule has 1 amide bonds. The van der Waals surface area contributed by atoms with Crippen LogP contribution >= 0.6 is 23.1 Å². The summed E-state index contributed by atoms with van der Waals surface area (Å²) in [5, 5.41) is 14.6. The number of anilines is 1. The van der Waals surface area contributed by atoms with Crippen LogP contribution in [0.4, 0.5) is 5.13 Å². The Labute approximate surface area is 195 Å². The van der Waals surface area contributed by atoms with Crippen molar-refractivity contribution in [3.05, 3.63) is 71.7 Å². The van der Waals surface area contributed by atoms with Gasteiger partial charge in [0.2, 0.25) is 11.1 Å². The van der Waals surface area contributed by atoms with E-state index in [1.807, 2.05) is 66.0 Å². The van der Waals surface area contributed by atoms with Crippen molar-refractivity contribution in [2.45, 2.75) is 31.3 Å². The molecule has 6 nitrogen and oxygen atoms in total. The van der Waals surface area contributed by atoms with E-state index in [0.29, 0.717) is 16.0 Å². The molecule has 2 aromatic carbocycles. The normalized spacial score (nSPS) is 11.3. The third-order valence-electron chi connectivity index (χ3n) is 4.61. The molecule has 0 saturated heterocycles. The first kappa shape index (κ1) is 22.1. The summed E-state index contributed by atoms with van der Waals surface area (Å²) >= 11 is 2.68. The Kier molecular flexibility index (Phi) is 6.62. The molecule has 2 aromatic heterocycles. The summed E-state index contributed by atoms with van der Waals surface area (Å²) in [7, 11) is 0. The fraction of sp³-hybridized carbons (Fsp3) is 0.208. The van der Waals surface area contributed by atoms with Gasteiger partial charge in [-0.15, -0.1) is 21.5 Å². The maximum Gasteiger partial charge on any atom is 0.236 e. The average molecular weight is 462 g/mol. The molecule has 162 valence electrons. The summed E-state index contributed by atoms with van der Waals surface area (Å²) in [4.78, 5) is 21.7. The first-order valence-corrected chi connectivity index (χ1v) is 12.0. The van der Waals surface area contributed by atoms with Crippen LogP contribution in [0.15, 0.2) is 71.2 Å². The summed E-state index contributed by atoms with van der Waals surface area (Å²) in [6.07, 6.45) is 0. The molecule has 0 saturated carbocycles. The number of carbonyl (C=O) groups excluding carboxylic acids is 1. The lowest BCUT2D eigenvalue weighted by Gasteiger charge is -2.14. The van der Waals surface area contributed by atoms with Gasteiger partial charge in [-0.1, -0.05) is 93.2 Å². The Morgan fingerprint density at radius 1 is 0.906 bits per heavy atom. The Morgan fingerprint density at radius 2 is 1.53 bits per heavy atom. The molecule has 0 bridgehead atoms. The molecule has 8 heteroatoms. The molecular formula is C24H23N5OS2. The van der Waals surface area contributed by atoms with E-state index in [1.165, 1.54) is 23.1 Å². The van der Waals surface area contributed by atoms with E-state index in [-0.39, 0.29) is 17.1 Å². The van der Waals surface area contributed by atoms with E-state index in [4.69, 9.17) is 4.98 Å². The van der Waals surface area contributed by atoms with Gasteiger partial charge in [-0.3, -0.25) is 4.79 Å². The maximum atomic E-state index is 12.4. The van der Waals surface area contributed by atoms with Gasteiger partial charge in [0.1, 0.15) is 11.4 Å². The van der Waals surface area contributed by atoms with Crippen LogP contribution in [0, 0.1) is 0 Å². The second-order valence-corrected chi connectivity index (χ2v) is 9.95. The third-order valence-corrected chi connectivity index (χ3v) is 6.21. The van der Waals surface area contributed by atoms with Crippen molar-refractivity contribution in [3.63, 3.8) is 0 Å². The molecule has 4 rings (SSSR count). The van der Waals surface area contributed by atoms with E-state index in [1.54, 1.807) is 0 Å². The van der Waals surface area contributed by atoms with Crippen molar-refractivity contribution in [3.8, 4) is 22.5 Å². The van der Waals surface area contributed by atoms with Gasteiger partial charge in [0.15, 0.2) is 5.13 Å². The smallest absolute Gasteiger partial charge is 0.236 e. The fourth-order valence-electron chi connectivity index (χ4n) is 2.92. The van der Waals surface area contributed by atoms with Crippen LogP contribution in [0.3, 0.4) is 0 Å². The number of hydrogen-bond donors (Lipinski definition) is 1. The lowest BCUT2D eigenvalue weighted by molar-refractivity contribution is -0.113. The molecule has 0 radical (unpaired) electrons. The highest BCUT2D eigenvalue weighted by atomic mass is 32.2. The van der Waals surface area contributed by atoms with E-state index < -0.39 is 0 Å². The van der Waals surface area contributed by atoms with Gasteiger partial charge in [-0.25, -0.2) is 9.97 Å². The van der Waals surface area contributed by atoms with Crippen molar-refractivity contribution in [2.24, 2.45) is 0 Å². The topological polar surface area (TPSA) is 80.7 Å². The van der Waals surface area contributed by atoms with Crippen molar-refractivity contribution in [2.75, 3.05) is 11.1 Å². The standard InChI is InChI=1S/C24H23N5OS2/c1-24(2,3)18-14-31-22(25-18)26-19(30)15-32-23-27-20(16-10-6-4-7-11-16)21(28-29-23)17-12-8-5-9-13-17/h4-14H,15H2,1-3H3,(H,25,26,30). The number of carbonyl (C=O) groups is 1. The van der Waals surface area contributed by atoms with Crippen LogP contribution in [-0.2, 0) is 10.2 Å². The largest absolute Gasteiger partial charge is 0.301 e. The van der Waals surface area contributed by atoms with Crippen LogP contribution in [0.1, 0.15) is 26.5 Å². The number of nitrogens with one attached hydrogen (secondary N) is 1. The fourth-order valence-corrected chi connectivity index (χ4v) is 4.46. The highest BCUT2D eigenvalue weighted by Crippen LogP contribution is 2.30. The van der Waals surface area contributed by atoms with Gasteiger partial charge in [0.05, 0.1) is 11.4 Å². The van der Waals surface area contributed by atoms with Crippen molar-refractivity contribution in [1.29, 1.82) is 0 Å². The van der Waals surface area contributed by atoms with Crippen LogP contribution in [0.25, 0.3) is 22.5 Å². The summed E-state index contributed by atoms with van der Waals surface area (Å²) in [5.74, 6) is 0.0205. The quantitative estimate of drug-likeness (QED) is 0.372. The minimum absolute atomic E-state index is 0.0535. The molecule has 0 aliphatic carbocycles. The summed E-state index contributed by atoms with van der Waals surface area (Å²) in [5.41, 5.74) is 4.25. The molecule has 32 heavy (non-hydrogen) atoms. The summed E-state index contributed by atoms with van der Waals surface area (Å²) in [6, 6.07) is 19.7. The summed E-state index contributed by atoms with van der Waals surface area (Å²) < 4.78 is 0. The molecular weight excluding hydrogens is 438 g/mol. The number of hydrogen-bond acceptors (Lipinski definition) is 7. The molecule has 0 spiro atoms. The van der Waals surface area contributed by atoms with E-state index in [2.05, 4.69) is 41.3 Å². The van der Waals surface area contributed by atoms with Crippen molar-refractivity contribution >= 4 is 34.1 Å². The van der Waals surface area contributed by atoms with Crippen LogP contribution in [0.5, 0.6) is 0 Å². The van der Waals surface area contributed by atoms with E-state index in [0.717, 1.165) is 22.5 Å². The number of benzene rings is 2. The van der Waals surface area contributed by atoms with E-state index >= 15 is 0 Å². The predicted octanol–water partition coefficient (Wildman–Crippen LogP) is 5.69. The summed E-state index contributed by atoms with van der Waals surface area (Å²) in [6.45, 7) is 6.28. The molecule has 2 heterocycles. The number of thiazole rings is 1. The van der Waals surface area contributed by atoms with Crippen LogP contribution < -0.4 is 5.32 Å². The van der Waals surface area contributed by atoms with Gasteiger partial charge in [-0.2, -0.15) is 0 Å². The molecule has 0 aliphatic heterocycles. The van der Waals surface area contributed by atoms with Gasteiger partial charge < -0.3 is 5.32 Å². The van der Waals surface area contributed by atoms with Gasteiger partial charge in [0.25, 0.3) is 0 Å². The van der Waals surface area contributed by atoms with Gasteiger partial charge in [-0.05, 0) is 0 Å². The molecule has 0 fully saturated rings. The third kappa shape index (κ3) is 5.38. The first-order chi connectivity index (χ1) is 15.4. The SMILES string of the molecule is CC(C)(C)c1csc(NC(=O)CSc2nnc(-c3ccccc3)c(-c3ccccc3)n2)n1. The minimum atomic E-state index is -0.151. The first-order valence-electron chi connectivity index (χ1n) is 10.1. The van der Waals surface area contributed by atoms with Gasteiger partial charge >= 0.3 is 0 Å². The zero-order chi connectivity index (χ0) is 22.6. The van der Waals surface area contributed by atoms with Gasteiger partial charge in [0, 0.05) is 21.9 Å².